The first-order chi connectivity index (χ1) is 17.4. The van der Waals surface area contributed by atoms with Crippen LogP contribution in [0.5, 0.6) is 0 Å². The highest BCUT2D eigenvalue weighted by molar-refractivity contribution is 5.74. The number of allylic oxidation sites excluding steroid dienone is 8. The van der Waals surface area contributed by atoms with Crippen molar-refractivity contribution >= 4 is 6.03 Å². The quantitative estimate of drug-likeness (QED) is 0.485. The first-order valence-corrected chi connectivity index (χ1v) is 13.8. The lowest BCUT2D eigenvalue weighted by molar-refractivity contribution is 0.114. The van der Waals surface area contributed by atoms with Gasteiger partial charge in [-0.05, 0) is 49.3 Å². The van der Waals surface area contributed by atoms with Crippen LogP contribution in [-0.2, 0) is 0 Å². The highest BCUT2D eigenvalue weighted by Gasteiger charge is 2.44. The van der Waals surface area contributed by atoms with E-state index in [2.05, 4.69) is 84.9 Å². The number of hydrogen-bond acceptors (Lipinski definition) is 4. The third-order valence-electron chi connectivity index (χ3n) is 8.64. The molecule has 1 saturated heterocycles. The zero-order valence-corrected chi connectivity index (χ0v) is 22.0. The lowest BCUT2D eigenvalue weighted by atomic mass is 9.83. The van der Waals surface area contributed by atoms with Crippen molar-refractivity contribution in [3.8, 4) is 0 Å². The zero-order chi connectivity index (χ0) is 25.2. The maximum Gasteiger partial charge on any atom is 0.317 e. The Kier molecular flexibility index (Phi) is 7.54. The van der Waals surface area contributed by atoms with Crippen LogP contribution >= 0.6 is 0 Å². The second-order valence-electron chi connectivity index (χ2n) is 11.1. The van der Waals surface area contributed by atoms with E-state index in [1.165, 1.54) is 22.4 Å². The Bertz CT molecular complexity index is 1040. The average molecular weight is 491 g/mol. The number of aliphatic hydroxyl groups is 1. The fraction of sp³-hybridized carbons (Fsp3) is 0.567. The summed E-state index contributed by atoms with van der Waals surface area (Å²) in [6, 6.07) is 0.335. The highest BCUT2D eigenvalue weighted by Crippen LogP contribution is 2.48. The molecule has 0 radical (unpaired) electrons. The van der Waals surface area contributed by atoms with E-state index in [-0.39, 0.29) is 12.6 Å². The largest absolute Gasteiger partial charge is 0.390 e. The number of carbonyl (C=O) groups excluding carboxylic acids is 1. The van der Waals surface area contributed by atoms with Crippen LogP contribution in [0.1, 0.15) is 33.6 Å². The first kappa shape index (κ1) is 25.1. The number of likely N-dealkylation sites (N-methyl/N-ethyl adjacent to an activating group) is 1. The van der Waals surface area contributed by atoms with E-state index in [1.54, 1.807) is 0 Å². The fourth-order valence-electron chi connectivity index (χ4n) is 6.43. The molecule has 5 rings (SSSR count). The number of nitrogens with zero attached hydrogens (tertiary/aromatic N) is 2. The molecule has 2 amide bonds. The minimum absolute atomic E-state index is 0.0608. The van der Waals surface area contributed by atoms with Crippen molar-refractivity contribution in [1.29, 1.82) is 0 Å². The molecule has 194 valence electrons. The molecule has 0 aromatic heterocycles. The van der Waals surface area contributed by atoms with Crippen molar-refractivity contribution in [2.75, 3.05) is 39.3 Å². The number of piperidine rings is 1. The predicted molar refractivity (Wildman–Crippen MR) is 145 cm³/mol. The molecule has 6 nitrogen and oxygen atoms in total. The SMILES string of the molecule is CCN(CC1=C(C)C2C(C=CC3=C[C@H]32)N1)CC(O)CNC(=O)N1CCCC(C2=CC=CC=C[C@H]2C)C1. The molecule has 0 spiro atoms. The van der Waals surface area contributed by atoms with Gasteiger partial charge in [0, 0.05) is 50.3 Å². The number of urea groups is 1. The van der Waals surface area contributed by atoms with Gasteiger partial charge in [0.15, 0.2) is 0 Å². The summed E-state index contributed by atoms with van der Waals surface area (Å²) in [6.45, 7) is 10.6. The Hall–Kier alpha value is -2.57. The van der Waals surface area contributed by atoms with Crippen molar-refractivity contribution in [2.45, 2.75) is 45.8 Å². The molecular weight excluding hydrogens is 448 g/mol. The molecule has 2 aliphatic heterocycles. The number of carbonyl (C=O) groups is 1. The summed E-state index contributed by atoms with van der Waals surface area (Å²) in [4.78, 5) is 17.1. The van der Waals surface area contributed by atoms with Gasteiger partial charge < -0.3 is 20.6 Å². The molecule has 0 bridgehead atoms. The van der Waals surface area contributed by atoms with Crippen LogP contribution in [0.25, 0.3) is 0 Å². The lowest BCUT2D eigenvalue weighted by Crippen LogP contribution is -2.49. The van der Waals surface area contributed by atoms with Gasteiger partial charge in [-0.15, -0.1) is 0 Å². The van der Waals surface area contributed by atoms with E-state index in [0.717, 1.165) is 39.0 Å². The Balaban J connectivity index is 1.09. The molecule has 1 fully saturated rings. The molecular formula is C30H42N4O2. The minimum atomic E-state index is -0.601. The summed E-state index contributed by atoms with van der Waals surface area (Å²) in [5.74, 6) is 1.96. The van der Waals surface area contributed by atoms with Gasteiger partial charge in [-0.25, -0.2) is 4.79 Å². The van der Waals surface area contributed by atoms with Crippen molar-refractivity contribution in [3.63, 3.8) is 0 Å². The summed E-state index contributed by atoms with van der Waals surface area (Å²) in [5, 5.41) is 17.5. The van der Waals surface area contributed by atoms with Crippen molar-refractivity contribution < 1.29 is 9.90 Å². The fourth-order valence-corrected chi connectivity index (χ4v) is 6.43. The molecule has 4 unspecified atom stereocenters. The third kappa shape index (κ3) is 5.40. The van der Waals surface area contributed by atoms with E-state index in [1.807, 2.05) is 4.90 Å². The smallest absolute Gasteiger partial charge is 0.317 e. The van der Waals surface area contributed by atoms with Crippen LogP contribution in [0.15, 0.2) is 71.0 Å². The number of nitrogens with one attached hydrogen (secondary N) is 2. The molecule has 6 atom stereocenters. The Morgan fingerprint density at radius 1 is 1.31 bits per heavy atom. The molecule has 2 heterocycles. The van der Waals surface area contributed by atoms with E-state index in [9.17, 15) is 9.90 Å². The van der Waals surface area contributed by atoms with Crippen molar-refractivity contribution in [1.82, 2.24) is 20.4 Å². The van der Waals surface area contributed by atoms with E-state index in [4.69, 9.17) is 0 Å². The highest BCUT2D eigenvalue weighted by atomic mass is 16.3. The van der Waals surface area contributed by atoms with Gasteiger partial charge in [0.25, 0.3) is 0 Å². The van der Waals surface area contributed by atoms with Gasteiger partial charge in [-0.3, -0.25) is 4.90 Å². The Labute approximate surface area is 216 Å². The monoisotopic (exact) mass is 490 g/mol. The summed E-state index contributed by atoms with van der Waals surface area (Å²) >= 11 is 0. The molecule has 0 aromatic carbocycles. The second-order valence-corrected chi connectivity index (χ2v) is 11.1. The molecule has 3 N–H and O–H groups in total. The topological polar surface area (TPSA) is 67.8 Å². The van der Waals surface area contributed by atoms with Crippen LogP contribution in [0.3, 0.4) is 0 Å². The van der Waals surface area contributed by atoms with Gasteiger partial charge in [0.2, 0.25) is 0 Å². The van der Waals surface area contributed by atoms with Crippen molar-refractivity contribution in [2.24, 2.45) is 23.7 Å². The summed E-state index contributed by atoms with van der Waals surface area (Å²) in [5.41, 5.74) is 5.63. The van der Waals surface area contributed by atoms with E-state index < -0.39 is 6.10 Å². The number of hydrogen-bond donors (Lipinski definition) is 3. The maximum atomic E-state index is 13.0. The van der Waals surface area contributed by atoms with E-state index >= 15 is 0 Å². The number of likely N-dealkylation sites (tertiary alicyclic amines) is 1. The Morgan fingerprint density at radius 2 is 2.17 bits per heavy atom. The van der Waals surface area contributed by atoms with Crippen LogP contribution in [0, 0.1) is 23.7 Å². The van der Waals surface area contributed by atoms with Crippen molar-refractivity contribution in [3.05, 3.63) is 71.0 Å². The van der Waals surface area contributed by atoms with Crippen LogP contribution in [0.2, 0.25) is 0 Å². The van der Waals surface area contributed by atoms with Crippen LogP contribution < -0.4 is 10.6 Å². The molecule has 5 aliphatic rings. The number of aliphatic hydroxyl groups excluding tert-OH is 1. The first-order valence-electron chi connectivity index (χ1n) is 13.8. The van der Waals surface area contributed by atoms with Gasteiger partial charge in [-0.2, -0.15) is 0 Å². The maximum absolute atomic E-state index is 13.0. The summed E-state index contributed by atoms with van der Waals surface area (Å²) < 4.78 is 0. The standard InChI is InChI=1S/C30H42N4O2/c1-4-33(19-28-21(3)29-26-15-22(26)12-13-27(29)32-28)18-24(35)16-31-30(36)34-14-8-10-23(17-34)25-11-7-5-6-9-20(25)2/h5-7,9,11-13,15,20,23-24,26-27,29,32,35H,4,8,10,14,16-19H2,1-3H3,(H,31,36)/t20-,23?,24?,26-,27?,29?/m1/s1. The molecule has 3 aliphatic carbocycles. The van der Waals surface area contributed by atoms with Gasteiger partial charge in [0.05, 0.1) is 12.1 Å². The van der Waals surface area contributed by atoms with Crippen LogP contribution in [0.4, 0.5) is 4.79 Å². The summed E-state index contributed by atoms with van der Waals surface area (Å²) in [7, 11) is 0. The molecule has 36 heavy (non-hydrogen) atoms. The second kappa shape index (κ2) is 10.8. The van der Waals surface area contributed by atoms with Gasteiger partial charge in [-0.1, -0.05) is 68.0 Å². The molecule has 0 aromatic rings. The normalized spacial score (nSPS) is 31.4. The number of fused-ring (bicyclic) bond motifs is 3. The van der Waals surface area contributed by atoms with Gasteiger partial charge in [0.1, 0.15) is 0 Å². The average Bonchev–Trinajstić information content (AvgIpc) is 3.64. The number of amides is 2. The Morgan fingerprint density at radius 3 is 3.00 bits per heavy atom. The van der Waals surface area contributed by atoms with Gasteiger partial charge >= 0.3 is 6.03 Å². The van der Waals surface area contributed by atoms with Crippen LogP contribution in [-0.4, -0.2) is 72.4 Å². The lowest BCUT2D eigenvalue weighted by Gasteiger charge is -2.35. The number of rotatable bonds is 8. The predicted octanol–water partition coefficient (Wildman–Crippen LogP) is 3.77. The molecule has 6 heteroatoms. The molecule has 0 saturated carbocycles. The summed E-state index contributed by atoms with van der Waals surface area (Å²) in [6.07, 6.45) is 19.2. The third-order valence-corrected chi connectivity index (χ3v) is 8.64. The minimum Gasteiger partial charge on any atom is -0.390 e. The zero-order valence-electron chi connectivity index (χ0n) is 22.0. The van der Waals surface area contributed by atoms with E-state index in [0.29, 0.717) is 36.3 Å².